The summed E-state index contributed by atoms with van der Waals surface area (Å²) in [5.41, 5.74) is 3.87. The molecule has 0 N–H and O–H groups in total. The third-order valence-electron chi connectivity index (χ3n) is 3.14. The van der Waals surface area contributed by atoms with Crippen molar-refractivity contribution < 1.29 is 0 Å². The van der Waals surface area contributed by atoms with E-state index in [1.807, 2.05) is 12.1 Å². The zero-order valence-corrected chi connectivity index (χ0v) is 11.2. The standard InChI is InChI=1S/C15H18ClN/c1-11(2)5-4-6-14-10-12-9-13(16)7-8-15(12)17(14)3/h7-10H,1,4-6H2,2-3H3. The second kappa shape index (κ2) is 4.97. The lowest BCUT2D eigenvalue weighted by atomic mass is 10.1. The molecule has 0 aliphatic rings. The molecule has 1 nitrogen and oxygen atoms in total. The molecule has 2 aromatic rings. The molecule has 0 atom stereocenters. The van der Waals surface area contributed by atoms with Crippen molar-refractivity contribution in [2.75, 3.05) is 0 Å². The molecule has 0 unspecified atom stereocenters. The fourth-order valence-corrected chi connectivity index (χ4v) is 2.37. The van der Waals surface area contributed by atoms with Gasteiger partial charge in [-0.15, -0.1) is 6.58 Å². The number of aromatic nitrogens is 1. The van der Waals surface area contributed by atoms with Gasteiger partial charge >= 0.3 is 0 Å². The van der Waals surface area contributed by atoms with E-state index in [0.29, 0.717) is 0 Å². The van der Waals surface area contributed by atoms with Crippen LogP contribution in [0.4, 0.5) is 0 Å². The van der Waals surface area contributed by atoms with Crippen LogP contribution >= 0.6 is 11.6 Å². The lowest BCUT2D eigenvalue weighted by molar-refractivity contribution is 0.754. The highest BCUT2D eigenvalue weighted by atomic mass is 35.5. The Kier molecular flexibility index (Phi) is 3.58. The summed E-state index contributed by atoms with van der Waals surface area (Å²) >= 11 is 6.01. The topological polar surface area (TPSA) is 4.93 Å². The minimum Gasteiger partial charge on any atom is -0.348 e. The summed E-state index contributed by atoms with van der Waals surface area (Å²) in [5, 5.41) is 2.03. The van der Waals surface area contributed by atoms with Gasteiger partial charge < -0.3 is 4.57 Å². The molecular formula is C15H18ClN. The van der Waals surface area contributed by atoms with Gasteiger partial charge in [0.2, 0.25) is 0 Å². The summed E-state index contributed by atoms with van der Waals surface area (Å²) in [7, 11) is 2.12. The van der Waals surface area contributed by atoms with Crippen LogP contribution in [0.2, 0.25) is 5.02 Å². The zero-order chi connectivity index (χ0) is 12.4. The molecule has 17 heavy (non-hydrogen) atoms. The number of hydrogen-bond acceptors (Lipinski definition) is 0. The van der Waals surface area contributed by atoms with E-state index < -0.39 is 0 Å². The minimum absolute atomic E-state index is 0.802. The highest BCUT2D eigenvalue weighted by molar-refractivity contribution is 6.31. The summed E-state index contributed by atoms with van der Waals surface area (Å²) < 4.78 is 2.25. The summed E-state index contributed by atoms with van der Waals surface area (Å²) in [4.78, 5) is 0. The molecule has 0 fully saturated rings. The largest absolute Gasteiger partial charge is 0.348 e. The van der Waals surface area contributed by atoms with E-state index in [4.69, 9.17) is 11.6 Å². The summed E-state index contributed by atoms with van der Waals surface area (Å²) in [6, 6.07) is 8.29. The van der Waals surface area contributed by atoms with Crippen LogP contribution in [-0.4, -0.2) is 4.57 Å². The fourth-order valence-electron chi connectivity index (χ4n) is 2.19. The van der Waals surface area contributed by atoms with Crippen LogP contribution in [0.1, 0.15) is 25.5 Å². The first-order chi connectivity index (χ1) is 8.08. The number of hydrogen-bond donors (Lipinski definition) is 0. The number of halogens is 1. The molecule has 0 radical (unpaired) electrons. The number of rotatable bonds is 4. The maximum Gasteiger partial charge on any atom is 0.0480 e. The van der Waals surface area contributed by atoms with Crippen LogP contribution in [0.3, 0.4) is 0 Å². The van der Waals surface area contributed by atoms with Gasteiger partial charge in [-0.25, -0.2) is 0 Å². The van der Waals surface area contributed by atoms with Gasteiger partial charge in [0.25, 0.3) is 0 Å². The van der Waals surface area contributed by atoms with E-state index in [1.54, 1.807) is 0 Å². The Morgan fingerprint density at radius 3 is 2.82 bits per heavy atom. The van der Waals surface area contributed by atoms with Gasteiger partial charge in [-0.3, -0.25) is 0 Å². The Balaban J connectivity index is 2.23. The van der Waals surface area contributed by atoms with Crippen molar-refractivity contribution in [1.29, 1.82) is 0 Å². The van der Waals surface area contributed by atoms with Crippen molar-refractivity contribution in [2.45, 2.75) is 26.2 Å². The molecule has 0 saturated carbocycles. The lowest BCUT2D eigenvalue weighted by Gasteiger charge is -2.04. The Labute approximate surface area is 108 Å². The molecule has 2 rings (SSSR count). The van der Waals surface area contributed by atoms with Crippen LogP contribution in [-0.2, 0) is 13.5 Å². The SMILES string of the molecule is C=C(C)CCCc1cc2cc(Cl)ccc2n1C. The fraction of sp³-hybridized carbons (Fsp3) is 0.333. The quantitative estimate of drug-likeness (QED) is 0.689. The highest BCUT2D eigenvalue weighted by Gasteiger charge is 2.05. The number of benzene rings is 1. The molecular weight excluding hydrogens is 230 g/mol. The minimum atomic E-state index is 0.802. The van der Waals surface area contributed by atoms with E-state index in [9.17, 15) is 0 Å². The van der Waals surface area contributed by atoms with Gasteiger partial charge in [-0.2, -0.15) is 0 Å². The lowest BCUT2D eigenvalue weighted by Crippen LogP contribution is -1.96. The smallest absolute Gasteiger partial charge is 0.0480 e. The van der Waals surface area contributed by atoms with E-state index >= 15 is 0 Å². The van der Waals surface area contributed by atoms with Gasteiger partial charge in [0.05, 0.1) is 0 Å². The summed E-state index contributed by atoms with van der Waals surface area (Å²) in [5.74, 6) is 0. The van der Waals surface area contributed by atoms with Gasteiger partial charge in [-0.1, -0.05) is 17.2 Å². The Hall–Kier alpha value is -1.21. The predicted molar refractivity (Wildman–Crippen MR) is 75.7 cm³/mol. The molecule has 0 bridgehead atoms. The third kappa shape index (κ3) is 2.73. The second-order valence-corrected chi connectivity index (χ2v) is 5.14. The van der Waals surface area contributed by atoms with Crippen molar-refractivity contribution in [1.82, 2.24) is 4.57 Å². The second-order valence-electron chi connectivity index (χ2n) is 4.71. The van der Waals surface area contributed by atoms with Crippen molar-refractivity contribution in [3.63, 3.8) is 0 Å². The molecule has 1 aromatic heterocycles. The average molecular weight is 248 g/mol. The highest BCUT2D eigenvalue weighted by Crippen LogP contribution is 2.23. The molecule has 90 valence electrons. The van der Waals surface area contributed by atoms with E-state index in [0.717, 1.165) is 24.3 Å². The van der Waals surface area contributed by atoms with Gasteiger partial charge in [0.15, 0.2) is 0 Å². The van der Waals surface area contributed by atoms with Crippen molar-refractivity contribution in [3.8, 4) is 0 Å². The first-order valence-corrected chi connectivity index (χ1v) is 6.34. The van der Waals surface area contributed by atoms with E-state index in [-0.39, 0.29) is 0 Å². The van der Waals surface area contributed by atoms with Crippen molar-refractivity contribution in [2.24, 2.45) is 7.05 Å². The summed E-state index contributed by atoms with van der Waals surface area (Å²) in [6.45, 7) is 6.02. The Morgan fingerprint density at radius 1 is 1.35 bits per heavy atom. The van der Waals surface area contributed by atoms with Gasteiger partial charge in [0.1, 0.15) is 0 Å². The van der Waals surface area contributed by atoms with Crippen molar-refractivity contribution >= 4 is 22.5 Å². The first-order valence-electron chi connectivity index (χ1n) is 5.96. The number of nitrogens with zero attached hydrogens (tertiary/aromatic N) is 1. The molecule has 1 heterocycles. The molecule has 1 aromatic carbocycles. The van der Waals surface area contributed by atoms with Crippen LogP contribution in [0.25, 0.3) is 10.9 Å². The molecule has 0 aliphatic carbocycles. The Bertz CT molecular complexity index is 551. The summed E-state index contributed by atoms with van der Waals surface area (Å²) in [6.07, 6.45) is 3.35. The molecule has 0 amide bonds. The van der Waals surface area contributed by atoms with E-state index in [2.05, 4.69) is 37.3 Å². The first kappa shape index (κ1) is 12.3. The molecule has 0 saturated heterocycles. The Morgan fingerprint density at radius 2 is 2.12 bits per heavy atom. The molecule has 0 aliphatic heterocycles. The maximum atomic E-state index is 6.01. The zero-order valence-electron chi connectivity index (χ0n) is 10.5. The number of aryl methyl sites for hydroxylation is 2. The number of allylic oxidation sites excluding steroid dienone is 1. The van der Waals surface area contributed by atoms with Gasteiger partial charge in [-0.05, 0) is 50.5 Å². The van der Waals surface area contributed by atoms with E-state index in [1.165, 1.54) is 22.2 Å². The van der Waals surface area contributed by atoms with Crippen LogP contribution in [0, 0.1) is 0 Å². The van der Waals surface area contributed by atoms with Crippen LogP contribution in [0.5, 0.6) is 0 Å². The van der Waals surface area contributed by atoms with Crippen molar-refractivity contribution in [3.05, 3.63) is 47.1 Å². The van der Waals surface area contributed by atoms with Crippen LogP contribution < -0.4 is 0 Å². The molecule has 2 heteroatoms. The van der Waals surface area contributed by atoms with Gasteiger partial charge in [0, 0.05) is 28.7 Å². The number of fused-ring (bicyclic) bond motifs is 1. The molecule has 0 spiro atoms. The van der Waals surface area contributed by atoms with Crippen LogP contribution in [0.15, 0.2) is 36.4 Å². The maximum absolute atomic E-state index is 6.01. The normalized spacial score (nSPS) is 11.0. The monoisotopic (exact) mass is 247 g/mol. The predicted octanol–water partition coefficient (Wildman–Crippen LogP) is 4.73. The average Bonchev–Trinajstić information content (AvgIpc) is 2.55. The third-order valence-corrected chi connectivity index (χ3v) is 3.38.